The third kappa shape index (κ3) is 3.37. The van der Waals surface area contributed by atoms with E-state index in [-0.39, 0.29) is 12.4 Å². The molecule has 0 aliphatic rings. The molecule has 90 valence electrons. The van der Waals surface area contributed by atoms with E-state index in [9.17, 15) is 13.2 Å². The number of anilines is 1. The maximum Gasteiger partial charge on any atom is 0.416 e. The summed E-state index contributed by atoms with van der Waals surface area (Å²) in [5, 5.41) is 9.12. The highest BCUT2D eigenvalue weighted by molar-refractivity contribution is 5.41. The van der Waals surface area contributed by atoms with Crippen LogP contribution in [0.4, 0.5) is 19.0 Å². The van der Waals surface area contributed by atoms with Gasteiger partial charge in [-0.05, 0) is 19.1 Å². The van der Waals surface area contributed by atoms with Gasteiger partial charge in [0.1, 0.15) is 5.82 Å². The minimum absolute atomic E-state index is 0.190. The van der Waals surface area contributed by atoms with Gasteiger partial charge in [-0.3, -0.25) is 0 Å². The minimum Gasteiger partial charge on any atom is -0.392 e. The molecule has 1 aromatic heterocycles. The van der Waals surface area contributed by atoms with E-state index in [1.807, 2.05) is 0 Å². The lowest BCUT2D eigenvalue weighted by Gasteiger charge is -2.20. The molecule has 0 radical (unpaired) electrons. The zero-order valence-corrected chi connectivity index (χ0v) is 8.99. The molecule has 3 nitrogen and oxygen atoms in total. The Morgan fingerprint density at radius 3 is 2.62 bits per heavy atom. The molecule has 0 fully saturated rings. The number of hydrogen-bond donors (Lipinski definition) is 1. The Kier molecular flexibility index (Phi) is 3.74. The fourth-order valence-electron chi connectivity index (χ4n) is 1.29. The van der Waals surface area contributed by atoms with Gasteiger partial charge in [0.15, 0.2) is 0 Å². The molecule has 0 saturated carbocycles. The first-order chi connectivity index (χ1) is 7.30. The average Bonchev–Trinajstić information content (AvgIpc) is 2.15. The molecule has 0 aliphatic carbocycles. The van der Waals surface area contributed by atoms with E-state index in [0.29, 0.717) is 0 Å². The van der Waals surface area contributed by atoms with Crippen LogP contribution in [0.1, 0.15) is 12.5 Å². The van der Waals surface area contributed by atoms with E-state index in [2.05, 4.69) is 4.98 Å². The van der Waals surface area contributed by atoms with Crippen LogP contribution in [0.2, 0.25) is 0 Å². The maximum atomic E-state index is 12.4. The zero-order chi connectivity index (χ0) is 12.3. The fourth-order valence-corrected chi connectivity index (χ4v) is 1.29. The summed E-state index contributed by atoms with van der Waals surface area (Å²) in [6, 6.07) is 1.88. The van der Waals surface area contributed by atoms with Gasteiger partial charge in [-0.1, -0.05) is 0 Å². The van der Waals surface area contributed by atoms with E-state index in [0.717, 1.165) is 18.3 Å². The smallest absolute Gasteiger partial charge is 0.392 e. The Hall–Kier alpha value is -1.30. The van der Waals surface area contributed by atoms with Crippen molar-refractivity contribution in [1.82, 2.24) is 4.98 Å². The second-order valence-corrected chi connectivity index (χ2v) is 3.63. The van der Waals surface area contributed by atoms with Crippen LogP contribution in [0.25, 0.3) is 0 Å². The van der Waals surface area contributed by atoms with Crippen LogP contribution in [0.5, 0.6) is 0 Å². The van der Waals surface area contributed by atoms with Gasteiger partial charge in [-0.2, -0.15) is 13.2 Å². The minimum atomic E-state index is -4.37. The van der Waals surface area contributed by atoms with Crippen LogP contribution in [0.3, 0.4) is 0 Å². The number of aromatic nitrogens is 1. The van der Waals surface area contributed by atoms with Crippen LogP contribution < -0.4 is 4.90 Å². The monoisotopic (exact) mass is 234 g/mol. The van der Waals surface area contributed by atoms with Crippen LogP contribution >= 0.6 is 0 Å². The highest BCUT2D eigenvalue weighted by Crippen LogP contribution is 2.30. The van der Waals surface area contributed by atoms with Crippen molar-refractivity contribution in [3.63, 3.8) is 0 Å². The number of nitrogens with zero attached hydrogens (tertiary/aromatic N) is 2. The molecule has 16 heavy (non-hydrogen) atoms. The molecule has 0 bridgehead atoms. The third-order valence-corrected chi connectivity index (χ3v) is 2.00. The van der Waals surface area contributed by atoms with Crippen molar-refractivity contribution >= 4 is 5.82 Å². The van der Waals surface area contributed by atoms with Gasteiger partial charge >= 0.3 is 6.18 Å². The molecule has 0 spiro atoms. The van der Waals surface area contributed by atoms with Crippen molar-refractivity contribution in [2.45, 2.75) is 19.2 Å². The van der Waals surface area contributed by atoms with Gasteiger partial charge in [0.2, 0.25) is 0 Å². The molecule has 0 aliphatic heterocycles. The second kappa shape index (κ2) is 4.69. The lowest BCUT2D eigenvalue weighted by Crippen LogP contribution is -2.27. The number of hydrogen-bond acceptors (Lipinski definition) is 3. The van der Waals surface area contributed by atoms with Crippen molar-refractivity contribution in [3.8, 4) is 0 Å². The molecule has 1 atom stereocenters. The third-order valence-electron chi connectivity index (χ3n) is 2.00. The number of alkyl halides is 3. The van der Waals surface area contributed by atoms with E-state index in [1.54, 1.807) is 14.0 Å². The van der Waals surface area contributed by atoms with Gasteiger partial charge in [-0.15, -0.1) is 0 Å². The molecule has 0 amide bonds. The van der Waals surface area contributed by atoms with Crippen LogP contribution in [-0.4, -0.2) is 29.8 Å². The topological polar surface area (TPSA) is 36.4 Å². The quantitative estimate of drug-likeness (QED) is 0.868. The highest BCUT2D eigenvalue weighted by atomic mass is 19.4. The summed E-state index contributed by atoms with van der Waals surface area (Å²) in [4.78, 5) is 5.29. The Morgan fingerprint density at radius 1 is 1.50 bits per heavy atom. The largest absolute Gasteiger partial charge is 0.416 e. The lowest BCUT2D eigenvalue weighted by atomic mass is 10.2. The second-order valence-electron chi connectivity index (χ2n) is 3.63. The van der Waals surface area contributed by atoms with Crippen LogP contribution in [-0.2, 0) is 6.18 Å². The summed E-state index contributed by atoms with van der Waals surface area (Å²) in [5.74, 6) is 0.190. The first kappa shape index (κ1) is 12.8. The first-order valence-corrected chi connectivity index (χ1v) is 4.73. The molecule has 1 N–H and O–H groups in total. The first-order valence-electron chi connectivity index (χ1n) is 4.73. The fraction of sp³-hybridized carbons (Fsp3) is 0.500. The van der Waals surface area contributed by atoms with Crippen LogP contribution in [0.15, 0.2) is 18.3 Å². The van der Waals surface area contributed by atoms with E-state index >= 15 is 0 Å². The number of rotatable bonds is 3. The standard InChI is InChI=1S/C10H13F3N2O/c1-7(16)6-15(2)9-5-8(3-4-14-9)10(11,12)13/h3-5,7,16H,6H2,1-2H3. The Morgan fingerprint density at radius 2 is 2.12 bits per heavy atom. The Balaban J connectivity index is 2.90. The van der Waals surface area contributed by atoms with Crippen molar-refractivity contribution in [2.75, 3.05) is 18.5 Å². The van der Waals surface area contributed by atoms with Gasteiger partial charge in [0, 0.05) is 19.8 Å². The average molecular weight is 234 g/mol. The molecule has 6 heteroatoms. The molecule has 1 rings (SSSR count). The molecule has 1 heterocycles. The number of likely N-dealkylation sites (N-methyl/N-ethyl adjacent to an activating group) is 1. The number of aliphatic hydroxyl groups excluding tert-OH is 1. The van der Waals surface area contributed by atoms with Crippen molar-refractivity contribution < 1.29 is 18.3 Å². The Bertz CT molecular complexity index is 352. The van der Waals surface area contributed by atoms with Crippen molar-refractivity contribution in [1.29, 1.82) is 0 Å². The van der Waals surface area contributed by atoms with Crippen molar-refractivity contribution in [3.05, 3.63) is 23.9 Å². The molecule has 1 unspecified atom stereocenters. The van der Waals surface area contributed by atoms with E-state index in [4.69, 9.17) is 5.11 Å². The summed E-state index contributed by atoms with van der Waals surface area (Å²) in [6.45, 7) is 1.79. The number of pyridine rings is 1. The Labute approximate surface area is 91.5 Å². The molecule has 0 saturated heterocycles. The van der Waals surface area contributed by atoms with E-state index in [1.165, 1.54) is 4.90 Å². The predicted octanol–water partition coefficient (Wildman–Crippen LogP) is 1.92. The van der Waals surface area contributed by atoms with Gasteiger partial charge in [0.05, 0.1) is 11.7 Å². The maximum absolute atomic E-state index is 12.4. The zero-order valence-electron chi connectivity index (χ0n) is 8.99. The number of halogens is 3. The molecule has 1 aromatic rings. The predicted molar refractivity (Wildman–Crippen MR) is 54.2 cm³/mol. The summed E-state index contributed by atoms with van der Waals surface area (Å²) in [7, 11) is 1.58. The molecule has 0 aromatic carbocycles. The van der Waals surface area contributed by atoms with Crippen LogP contribution in [0, 0.1) is 0 Å². The SMILES string of the molecule is CC(O)CN(C)c1cc(C(F)(F)F)ccn1. The molecular formula is C10H13F3N2O. The lowest BCUT2D eigenvalue weighted by molar-refractivity contribution is -0.137. The number of aliphatic hydroxyl groups is 1. The summed E-state index contributed by atoms with van der Waals surface area (Å²) >= 11 is 0. The van der Waals surface area contributed by atoms with E-state index < -0.39 is 17.8 Å². The van der Waals surface area contributed by atoms with Crippen molar-refractivity contribution in [2.24, 2.45) is 0 Å². The highest BCUT2D eigenvalue weighted by Gasteiger charge is 2.31. The molecular weight excluding hydrogens is 221 g/mol. The van der Waals surface area contributed by atoms with Gasteiger partial charge < -0.3 is 10.0 Å². The van der Waals surface area contributed by atoms with Gasteiger partial charge in [0.25, 0.3) is 0 Å². The summed E-state index contributed by atoms with van der Waals surface area (Å²) in [5.41, 5.74) is -0.741. The normalized spacial score (nSPS) is 13.6. The van der Waals surface area contributed by atoms with Gasteiger partial charge in [-0.25, -0.2) is 4.98 Å². The summed E-state index contributed by atoms with van der Waals surface area (Å²) in [6.07, 6.45) is -3.89. The summed E-state index contributed by atoms with van der Waals surface area (Å²) < 4.78 is 37.2.